The van der Waals surface area contributed by atoms with Crippen molar-refractivity contribution in [1.29, 1.82) is 0 Å². The van der Waals surface area contributed by atoms with Crippen molar-refractivity contribution in [3.05, 3.63) is 103 Å². The average Bonchev–Trinajstić information content (AvgIpc) is 4.10. The first-order valence-corrected chi connectivity index (χ1v) is 19.8. The van der Waals surface area contributed by atoms with Gasteiger partial charge in [0.2, 0.25) is 5.91 Å². The number of alkyl carbamates (subject to hydrolysis) is 1. The van der Waals surface area contributed by atoms with Crippen molar-refractivity contribution >= 4 is 17.7 Å². The lowest BCUT2D eigenvalue weighted by Gasteiger charge is -2.30. The van der Waals surface area contributed by atoms with Crippen LogP contribution in [0.4, 0.5) is 10.5 Å². The van der Waals surface area contributed by atoms with E-state index in [9.17, 15) is 9.59 Å². The van der Waals surface area contributed by atoms with Crippen molar-refractivity contribution in [3.63, 3.8) is 0 Å². The highest BCUT2D eigenvalue weighted by Crippen LogP contribution is 2.56. The lowest BCUT2D eigenvalue weighted by Crippen LogP contribution is -2.54. The summed E-state index contributed by atoms with van der Waals surface area (Å²) in [5.41, 5.74) is 7.33. The first-order chi connectivity index (χ1) is 27.4. The summed E-state index contributed by atoms with van der Waals surface area (Å²) < 4.78 is 16.3. The Morgan fingerprint density at radius 2 is 1.45 bits per heavy atom. The Balaban J connectivity index is 0.896. The largest absolute Gasteiger partial charge is 0.453 e. The van der Waals surface area contributed by atoms with Crippen LogP contribution in [0.3, 0.4) is 0 Å². The number of benzene rings is 3. The minimum atomic E-state index is -0.875. The summed E-state index contributed by atoms with van der Waals surface area (Å²) >= 11 is 0. The van der Waals surface area contributed by atoms with E-state index in [1.807, 2.05) is 30.6 Å². The second-order valence-electron chi connectivity index (χ2n) is 15.3. The van der Waals surface area contributed by atoms with Gasteiger partial charge in [-0.3, -0.25) is 4.79 Å². The number of carbonyl (C=O) groups excluding carboxylic acids is 2. The highest BCUT2D eigenvalue weighted by molar-refractivity contribution is 5.87. The minimum absolute atomic E-state index is 0.225. The van der Waals surface area contributed by atoms with Crippen LogP contribution in [0, 0.1) is 17.8 Å². The first kappa shape index (κ1) is 37.5. The number of amides is 2. The molecular formula is C44H51N7O5. The molecule has 12 nitrogen and oxygen atoms in total. The Morgan fingerprint density at radius 1 is 0.821 bits per heavy atom. The molecule has 4 N–H and O–H groups in total. The SMILES string of the molecule is COC(=O)N[C@H](C(=O)N1CCC[C@H]1c1ncc(-c2ccc(-c3ccc(-c4cnc(C5C6CCC(C6)C5COCNc5ccccc5)[nH]4)cc3)cc2)[nH]1)[C@@H](C)OC. The predicted octanol–water partition coefficient (Wildman–Crippen LogP) is 7.77. The van der Waals surface area contributed by atoms with Crippen LogP contribution in [0.2, 0.25) is 0 Å². The first-order valence-electron chi connectivity index (χ1n) is 19.8. The summed E-state index contributed by atoms with van der Waals surface area (Å²) in [4.78, 5) is 44.2. The summed E-state index contributed by atoms with van der Waals surface area (Å²) in [6, 6.07) is 26.1. The fourth-order valence-electron chi connectivity index (χ4n) is 9.15. The third kappa shape index (κ3) is 7.81. The molecule has 2 amide bonds. The molecule has 4 unspecified atom stereocenters. The van der Waals surface area contributed by atoms with Gasteiger partial charge in [0.25, 0.3) is 0 Å². The molecule has 1 aliphatic heterocycles. The molecule has 3 fully saturated rings. The van der Waals surface area contributed by atoms with Crippen molar-refractivity contribution < 1.29 is 23.8 Å². The summed E-state index contributed by atoms with van der Waals surface area (Å²) in [6.45, 7) is 3.56. The van der Waals surface area contributed by atoms with E-state index in [0.29, 0.717) is 36.9 Å². The fraction of sp³-hybridized carbons (Fsp3) is 0.409. The van der Waals surface area contributed by atoms with Gasteiger partial charge in [-0.15, -0.1) is 0 Å². The van der Waals surface area contributed by atoms with E-state index in [1.54, 1.807) is 11.8 Å². The Morgan fingerprint density at radius 3 is 2.11 bits per heavy atom. The molecule has 12 heteroatoms. The molecule has 5 aromatic rings. The van der Waals surface area contributed by atoms with Crippen LogP contribution in [-0.2, 0) is 19.0 Å². The summed E-state index contributed by atoms with van der Waals surface area (Å²) in [5, 5.41) is 6.01. The number of rotatable bonds is 14. The van der Waals surface area contributed by atoms with Gasteiger partial charge in [-0.25, -0.2) is 14.8 Å². The van der Waals surface area contributed by atoms with Gasteiger partial charge in [0.1, 0.15) is 24.4 Å². The Kier molecular flexibility index (Phi) is 11.2. The van der Waals surface area contributed by atoms with Crippen LogP contribution in [0.15, 0.2) is 91.3 Å². The van der Waals surface area contributed by atoms with Gasteiger partial charge in [0.15, 0.2) is 0 Å². The van der Waals surface area contributed by atoms with Crippen LogP contribution in [0.5, 0.6) is 0 Å². The van der Waals surface area contributed by atoms with Crippen LogP contribution < -0.4 is 10.6 Å². The van der Waals surface area contributed by atoms with E-state index in [-0.39, 0.29) is 11.9 Å². The number of carbonyl (C=O) groups is 2. The van der Waals surface area contributed by atoms with Crippen LogP contribution in [0.1, 0.15) is 62.6 Å². The normalized spacial score (nSPS) is 22.6. The number of H-pyrrole nitrogens is 2. The fourth-order valence-corrected chi connectivity index (χ4v) is 9.15. The molecular weight excluding hydrogens is 707 g/mol. The number of nitrogens with one attached hydrogen (secondary N) is 4. The number of likely N-dealkylation sites (tertiary alicyclic amines) is 1. The zero-order valence-electron chi connectivity index (χ0n) is 32.2. The molecule has 2 bridgehead atoms. The van der Waals surface area contributed by atoms with Gasteiger partial charge in [0, 0.05) is 25.3 Å². The van der Waals surface area contributed by atoms with Crippen LogP contribution in [0.25, 0.3) is 33.6 Å². The Bertz CT molecular complexity index is 2080. The third-order valence-corrected chi connectivity index (χ3v) is 12.2. The van der Waals surface area contributed by atoms with Gasteiger partial charge >= 0.3 is 6.09 Å². The van der Waals surface area contributed by atoms with Gasteiger partial charge in [-0.05, 0) is 91.2 Å². The van der Waals surface area contributed by atoms with Crippen molar-refractivity contribution in [2.45, 2.75) is 63.1 Å². The van der Waals surface area contributed by atoms with Crippen LogP contribution in [-0.4, -0.2) is 83.1 Å². The molecule has 2 aromatic heterocycles. The van der Waals surface area contributed by atoms with E-state index in [4.69, 9.17) is 19.2 Å². The molecule has 3 aliphatic rings. The quantitative estimate of drug-likeness (QED) is 0.0664. The predicted molar refractivity (Wildman–Crippen MR) is 214 cm³/mol. The average molecular weight is 758 g/mol. The van der Waals surface area contributed by atoms with Crippen LogP contribution >= 0.6 is 0 Å². The smallest absolute Gasteiger partial charge is 0.407 e. The Labute approximate surface area is 327 Å². The number of anilines is 1. The maximum Gasteiger partial charge on any atom is 0.407 e. The molecule has 292 valence electrons. The number of ether oxygens (including phenoxy) is 3. The molecule has 0 radical (unpaired) electrons. The maximum atomic E-state index is 13.6. The van der Waals surface area contributed by atoms with Gasteiger partial charge in [0.05, 0.1) is 49.6 Å². The summed E-state index contributed by atoms with van der Waals surface area (Å²) in [5.74, 6) is 3.82. The third-order valence-electron chi connectivity index (χ3n) is 12.2. The molecule has 2 aliphatic carbocycles. The lowest BCUT2D eigenvalue weighted by molar-refractivity contribution is -0.137. The van der Waals surface area contributed by atoms with E-state index in [1.165, 1.54) is 33.5 Å². The number of hydrogen-bond donors (Lipinski definition) is 4. The number of nitrogens with zero attached hydrogens (tertiary/aromatic N) is 3. The number of hydrogen-bond acceptors (Lipinski definition) is 8. The number of fused-ring (bicyclic) bond motifs is 2. The number of aromatic amines is 2. The molecule has 7 atom stereocenters. The number of methoxy groups -OCH3 is 2. The van der Waals surface area contributed by atoms with E-state index < -0.39 is 18.2 Å². The molecule has 2 saturated carbocycles. The number of aromatic nitrogens is 4. The molecule has 56 heavy (non-hydrogen) atoms. The van der Waals surface area contributed by atoms with Crippen molar-refractivity contribution in [2.24, 2.45) is 17.8 Å². The summed E-state index contributed by atoms with van der Waals surface area (Å²) in [6.07, 6.45) is 8.01. The zero-order chi connectivity index (χ0) is 38.6. The molecule has 3 heterocycles. The molecule has 8 rings (SSSR count). The number of para-hydroxylation sites is 1. The standard InChI is InChI=1S/C44H51N7O5/c1-27(54-2)40(50-44(53)55-3)43(52)51-21-7-10-38(51)41-45-23-36(48-41)30-15-11-28(12-16-30)29-13-17-31(18-14-29)37-24-46-42(49-37)39-33-20-19-32(22-33)35(39)25-56-26-47-34-8-5-4-6-9-34/h4-6,8-9,11-18,23-24,27,32-33,35,38-40,47H,7,10,19-22,25-26H2,1-3H3,(H,45,48)(H,46,49)(H,50,53)/t27-,32?,33?,35?,38+,39?,40+/m1/s1. The topological polar surface area (TPSA) is 146 Å². The molecule has 1 saturated heterocycles. The van der Waals surface area contributed by atoms with Gasteiger partial charge < -0.3 is 39.7 Å². The monoisotopic (exact) mass is 757 g/mol. The highest BCUT2D eigenvalue weighted by Gasteiger charge is 2.49. The second-order valence-corrected chi connectivity index (χ2v) is 15.3. The van der Waals surface area contributed by atoms with Gasteiger partial charge in [-0.1, -0.05) is 66.7 Å². The maximum absolute atomic E-state index is 13.6. The number of imidazole rings is 2. The van der Waals surface area contributed by atoms with Crippen molar-refractivity contribution in [2.75, 3.05) is 39.4 Å². The van der Waals surface area contributed by atoms with E-state index >= 15 is 0 Å². The zero-order valence-corrected chi connectivity index (χ0v) is 32.2. The van der Waals surface area contributed by atoms with Gasteiger partial charge in [-0.2, -0.15) is 0 Å². The lowest BCUT2D eigenvalue weighted by atomic mass is 9.79. The van der Waals surface area contributed by atoms with Crippen molar-refractivity contribution in [1.82, 2.24) is 30.2 Å². The molecule has 3 aromatic carbocycles. The second kappa shape index (κ2) is 16.7. The minimum Gasteiger partial charge on any atom is -0.453 e. The highest BCUT2D eigenvalue weighted by atomic mass is 16.5. The van der Waals surface area contributed by atoms with Crippen molar-refractivity contribution in [3.8, 4) is 33.6 Å². The Hall–Kier alpha value is -5.46. The molecule has 0 spiro atoms. The van der Waals surface area contributed by atoms with E-state index in [2.05, 4.69) is 86.2 Å². The van der Waals surface area contributed by atoms with E-state index in [0.717, 1.165) is 70.4 Å². The summed E-state index contributed by atoms with van der Waals surface area (Å²) in [7, 11) is 2.79.